The van der Waals surface area contributed by atoms with Gasteiger partial charge in [-0.1, -0.05) is 98.3 Å². The van der Waals surface area contributed by atoms with Crippen LogP contribution in [-0.2, 0) is 42.4 Å². The Balaban J connectivity index is 1.08. The molecule has 12 heteroatoms. The van der Waals surface area contributed by atoms with Crippen molar-refractivity contribution in [2.75, 3.05) is 26.8 Å². The van der Waals surface area contributed by atoms with Gasteiger partial charge in [0.25, 0.3) is 0 Å². The number of ketones is 2. The molecule has 15 unspecified atom stereocenters. The lowest BCUT2D eigenvalue weighted by Crippen LogP contribution is -2.73. The van der Waals surface area contributed by atoms with Gasteiger partial charge >= 0.3 is 0 Å². The number of hydrogen-bond donors (Lipinski definition) is 6. The Morgan fingerprint density at radius 1 is 0.926 bits per heavy atom. The average Bonchev–Trinajstić information content (AvgIpc) is 1.73. The first-order valence-corrected chi connectivity index (χ1v) is 32.3. The molecule has 0 radical (unpaired) electrons. The van der Waals surface area contributed by atoms with E-state index in [9.17, 15) is 25.2 Å². The summed E-state index contributed by atoms with van der Waals surface area (Å²) in [6, 6.07) is 6.55. The van der Waals surface area contributed by atoms with Gasteiger partial charge in [0.2, 0.25) is 0 Å². The maximum absolute atomic E-state index is 16.7. The molecule has 0 amide bonds. The number of carbonyl (C=O) groups excluding carboxylic acids is 3. The third-order valence-corrected chi connectivity index (χ3v) is 25.6. The van der Waals surface area contributed by atoms with E-state index in [0.29, 0.717) is 96.4 Å². The fourth-order valence-electron chi connectivity index (χ4n) is 21.0. The lowest BCUT2D eigenvalue weighted by Gasteiger charge is -2.74. The van der Waals surface area contributed by atoms with Crippen LogP contribution in [0.2, 0.25) is 0 Å². The number of aliphatic hydroxyl groups excluding tert-OH is 3. The molecule has 7 fully saturated rings. The number of fused-ring (bicyclic) bond motifs is 5. The number of nitrogens with zero attached hydrogens (tertiary/aromatic N) is 1. The Bertz CT molecular complexity index is 2960. The van der Waals surface area contributed by atoms with Crippen LogP contribution in [0.4, 0.5) is 0 Å². The largest absolute Gasteiger partial charge is 0.393 e. The van der Waals surface area contributed by atoms with Crippen LogP contribution in [0.15, 0.2) is 41.7 Å². The van der Waals surface area contributed by atoms with Crippen LogP contribution in [0.25, 0.3) is 11.0 Å². The summed E-state index contributed by atoms with van der Waals surface area (Å²) >= 11 is 0. The Hall–Kier alpha value is -3.49. The Morgan fingerprint density at radius 2 is 1.67 bits per heavy atom. The quantitative estimate of drug-likeness (QED) is 0.0486. The van der Waals surface area contributed by atoms with E-state index in [-0.39, 0.29) is 35.4 Å². The van der Waals surface area contributed by atoms with Gasteiger partial charge in [-0.15, -0.1) is 0 Å². The van der Waals surface area contributed by atoms with Crippen LogP contribution in [0, 0.1) is 56.2 Å². The van der Waals surface area contributed by atoms with Crippen LogP contribution in [0.3, 0.4) is 0 Å². The number of epoxide rings is 1. The minimum absolute atomic E-state index is 0.0633. The first-order chi connectivity index (χ1) is 38.5. The van der Waals surface area contributed by atoms with E-state index in [2.05, 4.69) is 87.0 Å². The van der Waals surface area contributed by atoms with E-state index in [1.807, 2.05) is 20.9 Å². The lowest BCUT2D eigenvalue weighted by atomic mass is 9.29. The van der Waals surface area contributed by atoms with Crippen molar-refractivity contribution in [2.45, 2.75) is 244 Å². The summed E-state index contributed by atoms with van der Waals surface area (Å²) in [6.45, 7) is 20.0. The molecule has 3 aromatic rings. The molecule has 1 spiro atoms. The van der Waals surface area contributed by atoms with Gasteiger partial charge in [-0.3, -0.25) is 9.59 Å². The standard InChI is InChI=1S/C69H99N3O9/c1-10-11-13-18-50-59(78)55-54-48(58(77)60-65(6,66(50,54)7)23-21-52-64(5,25-28-70-9)53(76)36-68(67(52,60)8)24-20-46(74)34-68)39-72-38-47(56-57(72)42(37-71-56)19-22-63(55,4)35-51(75)61-62(2,3)81-61)49(40-73)44-31-43(41-16-14-12-15-17-41)32-45(33-44)69(79)26-29-80-30-27-69/h31-33,37-38,40-41,46,48-52,58,60-61,70-71,74-75,77,79H,10-30,34-36,39H2,1-9H3. The Kier molecular flexibility index (Phi) is 14.7. The summed E-state index contributed by atoms with van der Waals surface area (Å²) in [7, 11) is 1.96. The van der Waals surface area contributed by atoms with Crippen molar-refractivity contribution in [1.82, 2.24) is 14.9 Å². The van der Waals surface area contributed by atoms with E-state index in [1.165, 1.54) is 12.0 Å². The molecule has 2 aromatic heterocycles. The summed E-state index contributed by atoms with van der Waals surface area (Å²) < 4.78 is 14.3. The summed E-state index contributed by atoms with van der Waals surface area (Å²) in [4.78, 5) is 49.8. The van der Waals surface area contributed by atoms with E-state index >= 15 is 9.59 Å². The number of ether oxygens (including phenoxy) is 2. The third-order valence-electron chi connectivity index (χ3n) is 25.6. The molecule has 81 heavy (non-hydrogen) atoms. The number of aldehydes is 1. The van der Waals surface area contributed by atoms with Gasteiger partial charge in [-0.05, 0) is 172 Å². The number of aromatic amines is 1. The number of H-pyrrole nitrogens is 1. The molecule has 12 rings (SSSR count). The summed E-state index contributed by atoms with van der Waals surface area (Å²) in [5, 5.41) is 54.6. The van der Waals surface area contributed by atoms with Gasteiger partial charge in [0.15, 0.2) is 5.78 Å². The second kappa shape index (κ2) is 20.6. The first-order valence-electron chi connectivity index (χ1n) is 32.3. The molecule has 0 bridgehead atoms. The number of aromatic nitrogens is 2. The molecule has 9 aliphatic rings. The van der Waals surface area contributed by atoms with Crippen molar-refractivity contribution in [3.05, 3.63) is 69.6 Å². The zero-order chi connectivity index (χ0) is 57.5. The Morgan fingerprint density at radius 3 is 2.33 bits per heavy atom. The second-order valence-electron chi connectivity index (χ2n) is 30.0. The average molecular weight is 1110 g/mol. The molecule has 6 aliphatic carbocycles. The minimum atomic E-state index is -1.07. The number of carbonyl (C=O) groups is 3. The van der Waals surface area contributed by atoms with Crippen molar-refractivity contribution < 1.29 is 44.3 Å². The number of aliphatic hydroxyl groups is 4. The molecule has 444 valence electrons. The summed E-state index contributed by atoms with van der Waals surface area (Å²) in [5.41, 5.74) is 3.15. The molecule has 15 atom stereocenters. The van der Waals surface area contributed by atoms with Crippen molar-refractivity contribution in [3.8, 4) is 0 Å². The normalized spacial score (nSPS) is 39.8. The maximum Gasteiger partial charge on any atom is 0.163 e. The van der Waals surface area contributed by atoms with Crippen LogP contribution < -0.4 is 5.32 Å². The first kappa shape index (κ1) is 57.9. The van der Waals surface area contributed by atoms with Crippen LogP contribution in [0.1, 0.15) is 223 Å². The fraction of sp³-hybridized carbons (Fsp3) is 0.754. The van der Waals surface area contributed by atoms with E-state index in [0.717, 1.165) is 115 Å². The number of Topliss-reactive ketones (excluding diaryl/α,β-unsaturated/α-hetero) is 2. The van der Waals surface area contributed by atoms with Crippen molar-refractivity contribution in [1.29, 1.82) is 0 Å². The van der Waals surface area contributed by atoms with Gasteiger partial charge in [0, 0.05) is 85.2 Å². The molecule has 6 N–H and O–H groups in total. The molecule has 5 saturated carbocycles. The summed E-state index contributed by atoms with van der Waals surface area (Å²) in [5.74, 6) is -1.17. The van der Waals surface area contributed by atoms with E-state index in [1.54, 1.807) is 0 Å². The number of unbranched alkanes of at least 4 members (excludes halogenated alkanes) is 2. The SMILES string of the molecule is CCCCCC1C(=O)C2=C3C(Cn4cc(C(C=O)c5cc(C6CCCCC6)cc(C6(O)CCOCC6)c5)c5[nH]cc(c54)CCC2(C)CC(O)C2OC2(C)C)C(O)C2C(C)(CCC4C(C)(CCNC)C(=O)CC5(CCC(O)C5)C42C)C31C. The highest BCUT2D eigenvalue weighted by Crippen LogP contribution is 2.81. The number of rotatable bonds is 15. The van der Waals surface area contributed by atoms with Crippen molar-refractivity contribution in [2.24, 2.45) is 56.2 Å². The number of nitrogens with one attached hydrogen (secondary N) is 2. The highest BCUT2D eigenvalue weighted by Gasteiger charge is 2.79. The number of hydrogen-bond acceptors (Lipinski definition) is 10. The van der Waals surface area contributed by atoms with Crippen LogP contribution in [-0.4, -0.2) is 105 Å². The lowest BCUT2D eigenvalue weighted by molar-refractivity contribution is -0.267. The number of benzene rings is 1. The van der Waals surface area contributed by atoms with Crippen molar-refractivity contribution in [3.63, 3.8) is 0 Å². The van der Waals surface area contributed by atoms with Crippen molar-refractivity contribution >= 4 is 28.9 Å². The van der Waals surface area contributed by atoms with E-state index in [4.69, 9.17) is 9.47 Å². The predicted octanol–water partition coefficient (Wildman–Crippen LogP) is 11.5. The third kappa shape index (κ3) is 8.66. The molecule has 2 saturated heterocycles. The highest BCUT2D eigenvalue weighted by molar-refractivity contribution is 6.04. The number of allylic oxidation sites excluding steroid dienone is 1. The topological polar surface area (TPSA) is 187 Å². The monoisotopic (exact) mass is 1110 g/mol. The summed E-state index contributed by atoms with van der Waals surface area (Å²) in [6.07, 6.45) is 19.0. The van der Waals surface area contributed by atoms with Gasteiger partial charge in [0.1, 0.15) is 18.2 Å². The fourth-order valence-corrected chi connectivity index (χ4v) is 21.0. The number of aryl methyl sites for hydroxylation is 1. The van der Waals surface area contributed by atoms with Gasteiger partial charge in [0.05, 0.1) is 46.5 Å². The Labute approximate surface area is 482 Å². The molecule has 1 aromatic carbocycles. The van der Waals surface area contributed by atoms with Gasteiger partial charge in [-0.25, -0.2) is 0 Å². The molecule has 3 aliphatic heterocycles. The molecular formula is C69H99N3O9. The molecular weight excluding hydrogens is 1010 g/mol. The van der Waals surface area contributed by atoms with Crippen LogP contribution >= 0.6 is 0 Å². The second-order valence-corrected chi connectivity index (χ2v) is 30.0. The predicted molar refractivity (Wildman–Crippen MR) is 315 cm³/mol. The zero-order valence-corrected chi connectivity index (χ0v) is 50.7. The molecule has 12 nitrogen and oxygen atoms in total. The highest BCUT2D eigenvalue weighted by atomic mass is 16.6. The molecule has 5 heterocycles. The van der Waals surface area contributed by atoms with Gasteiger partial charge < -0.3 is 49.6 Å². The van der Waals surface area contributed by atoms with E-state index < -0.39 is 73.8 Å². The minimum Gasteiger partial charge on any atom is -0.393 e. The van der Waals surface area contributed by atoms with Crippen LogP contribution in [0.5, 0.6) is 0 Å². The smallest absolute Gasteiger partial charge is 0.163 e. The zero-order valence-electron chi connectivity index (χ0n) is 50.7. The van der Waals surface area contributed by atoms with Gasteiger partial charge in [-0.2, -0.15) is 0 Å². The maximum atomic E-state index is 16.7.